The minimum Gasteiger partial charge on any atom is -0.458 e. The summed E-state index contributed by atoms with van der Waals surface area (Å²) in [6, 6.07) is 9.63. The second-order valence-corrected chi connectivity index (χ2v) is 6.29. The maximum absolute atomic E-state index is 12.3. The number of hydrogen-bond acceptors (Lipinski definition) is 6. The quantitative estimate of drug-likeness (QED) is 0.431. The Hall–Kier alpha value is -2.21. The van der Waals surface area contributed by atoms with Gasteiger partial charge in [0.15, 0.2) is 11.9 Å². The average molecular weight is 334 g/mol. The molecule has 24 heavy (non-hydrogen) atoms. The number of carbonyl (C=O) groups is 3. The van der Waals surface area contributed by atoms with Gasteiger partial charge in [-0.25, -0.2) is 0 Å². The van der Waals surface area contributed by atoms with Crippen molar-refractivity contribution in [2.45, 2.75) is 46.0 Å². The Morgan fingerprint density at radius 3 is 2.46 bits per heavy atom. The van der Waals surface area contributed by atoms with Crippen LogP contribution in [0.25, 0.3) is 0 Å². The van der Waals surface area contributed by atoms with Gasteiger partial charge in [-0.05, 0) is 19.4 Å². The summed E-state index contributed by atoms with van der Waals surface area (Å²) in [5.74, 6) is -1.50. The van der Waals surface area contributed by atoms with Gasteiger partial charge in [-0.1, -0.05) is 30.3 Å². The number of rotatable bonds is 7. The van der Waals surface area contributed by atoms with Crippen molar-refractivity contribution < 1.29 is 28.6 Å². The molecule has 0 bridgehead atoms. The maximum atomic E-state index is 12.3. The van der Waals surface area contributed by atoms with Crippen LogP contribution < -0.4 is 0 Å². The molecule has 2 rings (SSSR count). The molecule has 6 heteroatoms. The van der Waals surface area contributed by atoms with Crippen LogP contribution in [-0.4, -0.2) is 36.5 Å². The summed E-state index contributed by atoms with van der Waals surface area (Å²) in [7, 11) is 0. The minimum absolute atomic E-state index is 0.270. The van der Waals surface area contributed by atoms with E-state index in [9.17, 15) is 14.4 Å². The second kappa shape index (κ2) is 7.57. The lowest BCUT2D eigenvalue weighted by atomic mass is 9.86. The van der Waals surface area contributed by atoms with Crippen LogP contribution in [0, 0.1) is 5.41 Å². The Bertz CT molecular complexity index is 607. The van der Waals surface area contributed by atoms with Crippen LogP contribution in [0.2, 0.25) is 0 Å². The van der Waals surface area contributed by atoms with Crippen LogP contribution in [0.3, 0.4) is 0 Å². The Morgan fingerprint density at radius 2 is 1.92 bits per heavy atom. The van der Waals surface area contributed by atoms with Crippen LogP contribution in [0.4, 0.5) is 0 Å². The van der Waals surface area contributed by atoms with E-state index in [1.165, 1.54) is 20.8 Å². The molecule has 1 saturated heterocycles. The van der Waals surface area contributed by atoms with Gasteiger partial charge in [-0.15, -0.1) is 0 Å². The van der Waals surface area contributed by atoms with E-state index >= 15 is 0 Å². The van der Waals surface area contributed by atoms with Crippen molar-refractivity contribution >= 4 is 17.7 Å². The monoisotopic (exact) mass is 334 g/mol. The highest BCUT2D eigenvalue weighted by atomic mass is 16.6. The molecule has 0 amide bonds. The lowest BCUT2D eigenvalue weighted by Gasteiger charge is -2.21. The highest BCUT2D eigenvalue weighted by Gasteiger charge is 2.53. The fourth-order valence-electron chi connectivity index (χ4n) is 2.47. The molecule has 0 aliphatic carbocycles. The number of Topliss-reactive ketones (excluding diaryl/α,β-unsaturated/α-hetero) is 1. The first-order valence-electron chi connectivity index (χ1n) is 7.86. The van der Waals surface area contributed by atoms with E-state index in [0.717, 1.165) is 5.56 Å². The number of cyclic esters (lactones) is 1. The molecule has 1 aromatic rings. The number of esters is 2. The Kier molecular flexibility index (Phi) is 5.72. The van der Waals surface area contributed by atoms with Gasteiger partial charge in [0, 0.05) is 13.3 Å². The van der Waals surface area contributed by atoms with E-state index in [2.05, 4.69) is 0 Å². The standard InChI is InChI=1S/C18H22O6/c1-12(19)23-14(15-16(20)18(2,3)17(21)24-15)9-10-22-11-13-7-5-4-6-8-13/h4-8,14-15H,9-11H2,1-3H3/t14-,15+/m0/s1. The van der Waals surface area contributed by atoms with Crippen molar-refractivity contribution in [1.29, 1.82) is 0 Å². The van der Waals surface area contributed by atoms with Crippen LogP contribution in [0.5, 0.6) is 0 Å². The molecule has 2 atom stereocenters. The van der Waals surface area contributed by atoms with Crippen molar-refractivity contribution in [2.75, 3.05) is 6.61 Å². The lowest BCUT2D eigenvalue weighted by molar-refractivity contribution is -0.163. The molecular formula is C18H22O6. The zero-order chi connectivity index (χ0) is 17.7. The van der Waals surface area contributed by atoms with Gasteiger partial charge in [0.1, 0.15) is 11.5 Å². The largest absolute Gasteiger partial charge is 0.458 e. The topological polar surface area (TPSA) is 78.9 Å². The van der Waals surface area contributed by atoms with E-state index in [-0.39, 0.29) is 18.8 Å². The number of benzene rings is 1. The van der Waals surface area contributed by atoms with Gasteiger partial charge in [-0.2, -0.15) is 0 Å². The fraction of sp³-hybridized carbons (Fsp3) is 0.500. The van der Waals surface area contributed by atoms with E-state index in [1.54, 1.807) is 0 Å². The first-order chi connectivity index (χ1) is 11.3. The van der Waals surface area contributed by atoms with Crippen molar-refractivity contribution in [2.24, 2.45) is 5.41 Å². The average Bonchev–Trinajstić information content (AvgIpc) is 2.74. The molecule has 0 unspecified atom stereocenters. The molecule has 0 radical (unpaired) electrons. The van der Waals surface area contributed by atoms with Gasteiger partial charge in [-0.3, -0.25) is 14.4 Å². The molecule has 1 aliphatic heterocycles. The second-order valence-electron chi connectivity index (χ2n) is 6.29. The molecule has 1 aliphatic rings. The molecule has 0 aromatic heterocycles. The summed E-state index contributed by atoms with van der Waals surface area (Å²) in [5, 5.41) is 0. The smallest absolute Gasteiger partial charge is 0.320 e. The Labute approximate surface area is 141 Å². The van der Waals surface area contributed by atoms with Gasteiger partial charge in [0.25, 0.3) is 0 Å². The van der Waals surface area contributed by atoms with Crippen LogP contribution in [0.15, 0.2) is 30.3 Å². The normalized spacial score (nSPS) is 20.5. The Balaban J connectivity index is 1.93. The first-order valence-corrected chi connectivity index (χ1v) is 7.86. The fourth-order valence-corrected chi connectivity index (χ4v) is 2.47. The Morgan fingerprint density at radius 1 is 1.25 bits per heavy atom. The SMILES string of the molecule is CC(=O)O[C@@H](CCOCc1ccccc1)[C@H]1OC(=O)C(C)(C)C1=O. The predicted octanol–water partition coefficient (Wildman–Crippen LogP) is 2.05. The van der Waals surface area contributed by atoms with Gasteiger partial charge < -0.3 is 14.2 Å². The highest BCUT2D eigenvalue weighted by Crippen LogP contribution is 2.32. The van der Waals surface area contributed by atoms with E-state index in [1.807, 2.05) is 30.3 Å². The minimum atomic E-state index is -1.21. The molecule has 130 valence electrons. The zero-order valence-corrected chi connectivity index (χ0v) is 14.1. The third-order valence-corrected chi connectivity index (χ3v) is 3.93. The van der Waals surface area contributed by atoms with Gasteiger partial charge in [0.05, 0.1) is 13.2 Å². The third kappa shape index (κ3) is 4.20. The molecule has 1 fully saturated rings. The predicted molar refractivity (Wildman–Crippen MR) is 84.9 cm³/mol. The first kappa shape index (κ1) is 18.1. The number of hydrogen-bond donors (Lipinski definition) is 0. The molecule has 0 spiro atoms. The summed E-state index contributed by atoms with van der Waals surface area (Å²) in [5.41, 5.74) is -0.195. The molecule has 1 aromatic carbocycles. The van der Waals surface area contributed by atoms with Crippen LogP contribution >= 0.6 is 0 Å². The van der Waals surface area contributed by atoms with Crippen molar-refractivity contribution in [3.05, 3.63) is 35.9 Å². The van der Waals surface area contributed by atoms with Crippen molar-refractivity contribution in [1.82, 2.24) is 0 Å². The highest BCUT2D eigenvalue weighted by molar-refractivity contribution is 6.10. The van der Waals surface area contributed by atoms with Crippen LogP contribution in [-0.2, 0) is 35.2 Å². The molecular weight excluding hydrogens is 312 g/mol. The van der Waals surface area contributed by atoms with Gasteiger partial charge in [0.2, 0.25) is 0 Å². The molecule has 6 nitrogen and oxygen atoms in total. The third-order valence-electron chi connectivity index (χ3n) is 3.93. The van der Waals surface area contributed by atoms with Gasteiger partial charge >= 0.3 is 11.9 Å². The summed E-state index contributed by atoms with van der Waals surface area (Å²) in [6.07, 6.45) is -1.64. The summed E-state index contributed by atoms with van der Waals surface area (Å²) < 4.78 is 15.9. The summed E-state index contributed by atoms with van der Waals surface area (Å²) in [6.45, 7) is 4.96. The van der Waals surface area contributed by atoms with Crippen molar-refractivity contribution in [3.8, 4) is 0 Å². The number of ketones is 1. The van der Waals surface area contributed by atoms with E-state index in [4.69, 9.17) is 14.2 Å². The maximum Gasteiger partial charge on any atom is 0.320 e. The number of carbonyl (C=O) groups excluding carboxylic acids is 3. The molecule has 1 heterocycles. The summed E-state index contributed by atoms with van der Waals surface area (Å²) >= 11 is 0. The van der Waals surface area contributed by atoms with E-state index < -0.39 is 29.6 Å². The number of ether oxygens (including phenoxy) is 3. The van der Waals surface area contributed by atoms with Crippen molar-refractivity contribution in [3.63, 3.8) is 0 Å². The zero-order valence-electron chi connectivity index (χ0n) is 14.1. The summed E-state index contributed by atoms with van der Waals surface area (Å²) in [4.78, 5) is 35.4. The van der Waals surface area contributed by atoms with E-state index in [0.29, 0.717) is 6.61 Å². The molecule has 0 N–H and O–H groups in total. The molecule has 0 saturated carbocycles. The lowest BCUT2D eigenvalue weighted by Crippen LogP contribution is -2.39. The van der Waals surface area contributed by atoms with Crippen LogP contribution in [0.1, 0.15) is 32.8 Å².